The molecular formula is C21H22N4O2S. The molecule has 0 saturated carbocycles. The summed E-state index contributed by atoms with van der Waals surface area (Å²) in [5.74, 6) is -0.325. The maximum atomic E-state index is 12.0. The molecule has 7 heteroatoms. The summed E-state index contributed by atoms with van der Waals surface area (Å²) >= 11 is 1.61. The van der Waals surface area contributed by atoms with Gasteiger partial charge in [-0.2, -0.15) is 5.10 Å². The van der Waals surface area contributed by atoms with Crippen molar-refractivity contribution < 1.29 is 9.59 Å². The topological polar surface area (TPSA) is 76.0 Å². The Kier molecular flexibility index (Phi) is 6.75. The van der Waals surface area contributed by atoms with E-state index in [2.05, 4.69) is 22.8 Å². The standard InChI is InChI=1S/C21H22N4O2S/c1-16(26)22-11-12-23-20(27)10-9-18-15-25(14-17-6-3-2-4-7-17)24-21(18)19-8-5-13-28-19/h2-10,13,15H,11-12,14H2,1H3,(H,22,26)(H,23,27). The normalized spacial score (nSPS) is 10.9. The highest BCUT2D eigenvalue weighted by molar-refractivity contribution is 7.13. The van der Waals surface area contributed by atoms with Gasteiger partial charge in [0.25, 0.3) is 0 Å². The maximum Gasteiger partial charge on any atom is 0.244 e. The van der Waals surface area contributed by atoms with Crippen molar-refractivity contribution in [2.75, 3.05) is 13.1 Å². The molecule has 3 rings (SSSR count). The molecule has 0 fully saturated rings. The van der Waals surface area contributed by atoms with Crippen molar-refractivity contribution in [2.45, 2.75) is 13.5 Å². The smallest absolute Gasteiger partial charge is 0.244 e. The summed E-state index contributed by atoms with van der Waals surface area (Å²) in [5, 5.41) is 12.1. The van der Waals surface area contributed by atoms with E-state index in [9.17, 15) is 9.59 Å². The Hall–Kier alpha value is -3.19. The number of nitrogens with zero attached hydrogens (tertiary/aromatic N) is 2. The molecule has 1 aromatic carbocycles. The lowest BCUT2D eigenvalue weighted by Gasteiger charge is -2.02. The number of nitrogens with one attached hydrogen (secondary N) is 2. The van der Waals surface area contributed by atoms with Crippen LogP contribution in [-0.4, -0.2) is 34.7 Å². The van der Waals surface area contributed by atoms with Gasteiger partial charge in [-0.1, -0.05) is 36.4 Å². The number of benzene rings is 1. The fourth-order valence-corrected chi connectivity index (χ4v) is 3.39. The van der Waals surface area contributed by atoms with Gasteiger partial charge in [0.15, 0.2) is 0 Å². The molecule has 144 valence electrons. The predicted molar refractivity (Wildman–Crippen MR) is 112 cm³/mol. The van der Waals surface area contributed by atoms with E-state index in [1.54, 1.807) is 17.4 Å². The quantitative estimate of drug-likeness (QED) is 0.456. The van der Waals surface area contributed by atoms with Crippen LogP contribution in [0.4, 0.5) is 0 Å². The average Bonchev–Trinajstić information content (AvgIpc) is 3.34. The summed E-state index contributed by atoms with van der Waals surface area (Å²) in [6.07, 6.45) is 5.22. The number of amides is 2. The number of carbonyl (C=O) groups excluding carboxylic acids is 2. The Morgan fingerprint density at radius 3 is 2.61 bits per heavy atom. The zero-order valence-electron chi connectivity index (χ0n) is 15.6. The summed E-state index contributed by atoms with van der Waals surface area (Å²) in [5.41, 5.74) is 2.90. The van der Waals surface area contributed by atoms with Crippen LogP contribution >= 0.6 is 11.3 Å². The molecule has 2 aromatic heterocycles. The van der Waals surface area contributed by atoms with Crippen LogP contribution in [0.3, 0.4) is 0 Å². The molecule has 6 nitrogen and oxygen atoms in total. The van der Waals surface area contributed by atoms with E-state index < -0.39 is 0 Å². The van der Waals surface area contributed by atoms with Gasteiger partial charge in [-0.25, -0.2) is 0 Å². The zero-order valence-corrected chi connectivity index (χ0v) is 16.4. The molecule has 0 spiro atoms. The van der Waals surface area contributed by atoms with Crippen LogP contribution in [0, 0.1) is 0 Å². The molecule has 0 aliphatic heterocycles. The van der Waals surface area contributed by atoms with Crippen LogP contribution < -0.4 is 10.6 Å². The van der Waals surface area contributed by atoms with Gasteiger partial charge in [0.2, 0.25) is 11.8 Å². The van der Waals surface area contributed by atoms with E-state index in [1.165, 1.54) is 13.0 Å². The van der Waals surface area contributed by atoms with Crippen molar-refractivity contribution in [3.05, 3.63) is 71.2 Å². The molecule has 0 atom stereocenters. The Balaban J connectivity index is 1.71. The molecule has 3 aromatic rings. The molecule has 0 radical (unpaired) electrons. The molecule has 0 bridgehead atoms. The first kappa shape index (κ1) is 19.6. The zero-order chi connectivity index (χ0) is 19.8. The van der Waals surface area contributed by atoms with Crippen LogP contribution in [0.2, 0.25) is 0 Å². The van der Waals surface area contributed by atoms with Gasteiger partial charge in [0.05, 0.1) is 11.4 Å². The number of carbonyl (C=O) groups is 2. The third-order valence-electron chi connectivity index (χ3n) is 3.94. The molecule has 2 amide bonds. The van der Waals surface area contributed by atoms with Crippen molar-refractivity contribution >= 4 is 29.2 Å². The largest absolute Gasteiger partial charge is 0.355 e. The van der Waals surface area contributed by atoms with Gasteiger partial charge in [0, 0.05) is 37.8 Å². The predicted octanol–water partition coefficient (Wildman–Crippen LogP) is 2.93. The van der Waals surface area contributed by atoms with Gasteiger partial charge in [-0.3, -0.25) is 14.3 Å². The summed E-state index contributed by atoms with van der Waals surface area (Å²) in [7, 11) is 0. The summed E-state index contributed by atoms with van der Waals surface area (Å²) in [6.45, 7) is 2.90. The van der Waals surface area contributed by atoms with E-state index in [4.69, 9.17) is 5.10 Å². The molecular weight excluding hydrogens is 372 g/mol. The highest BCUT2D eigenvalue weighted by atomic mass is 32.1. The number of thiophene rings is 1. The van der Waals surface area contributed by atoms with Crippen LogP contribution in [-0.2, 0) is 16.1 Å². The Bertz CT molecular complexity index is 946. The molecule has 2 N–H and O–H groups in total. The van der Waals surface area contributed by atoms with E-state index in [0.717, 1.165) is 21.7 Å². The van der Waals surface area contributed by atoms with Gasteiger partial charge >= 0.3 is 0 Å². The monoisotopic (exact) mass is 394 g/mol. The molecule has 0 aliphatic rings. The lowest BCUT2D eigenvalue weighted by molar-refractivity contribution is -0.119. The Morgan fingerprint density at radius 2 is 1.89 bits per heavy atom. The molecule has 2 heterocycles. The van der Waals surface area contributed by atoms with E-state index in [1.807, 2.05) is 46.6 Å². The van der Waals surface area contributed by atoms with Crippen molar-refractivity contribution in [1.29, 1.82) is 0 Å². The van der Waals surface area contributed by atoms with Crippen molar-refractivity contribution in [2.24, 2.45) is 0 Å². The highest BCUT2D eigenvalue weighted by Gasteiger charge is 2.11. The lowest BCUT2D eigenvalue weighted by Crippen LogP contribution is -2.32. The fourth-order valence-electron chi connectivity index (χ4n) is 2.66. The number of rotatable bonds is 8. The molecule has 28 heavy (non-hydrogen) atoms. The van der Waals surface area contributed by atoms with Gasteiger partial charge in [-0.05, 0) is 23.1 Å². The van der Waals surface area contributed by atoms with Gasteiger partial charge in [-0.15, -0.1) is 11.3 Å². The third-order valence-corrected chi connectivity index (χ3v) is 4.82. The third kappa shape index (κ3) is 5.65. The number of aromatic nitrogens is 2. The SMILES string of the molecule is CC(=O)NCCNC(=O)C=Cc1cn(Cc2ccccc2)nc1-c1cccs1. The van der Waals surface area contributed by atoms with Crippen molar-refractivity contribution in [3.8, 4) is 10.6 Å². The average molecular weight is 395 g/mol. The number of hydrogen-bond acceptors (Lipinski definition) is 4. The summed E-state index contributed by atoms with van der Waals surface area (Å²) in [6, 6.07) is 14.1. The Morgan fingerprint density at radius 1 is 1.11 bits per heavy atom. The van der Waals surface area contributed by atoms with Crippen LogP contribution in [0.25, 0.3) is 16.6 Å². The second-order valence-electron chi connectivity index (χ2n) is 6.20. The minimum absolute atomic E-state index is 0.115. The van der Waals surface area contributed by atoms with E-state index in [-0.39, 0.29) is 11.8 Å². The van der Waals surface area contributed by atoms with Crippen molar-refractivity contribution in [3.63, 3.8) is 0 Å². The van der Waals surface area contributed by atoms with Gasteiger partial charge < -0.3 is 10.6 Å². The number of hydrogen-bond donors (Lipinski definition) is 2. The first-order chi connectivity index (χ1) is 13.6. The maximum absolute atomic E-state index is 12.0. The summed E-state index contributed by atoms with van der Waals surface area (Å²) < 4.78 is 1.89. The van der Waals surface area contributed by atoms with Crippen LogP contribution in [0.5, 0.6) is 0 Å². The minimum atomic E-state index is -0.210. The summed E-state index contributed by atoms with van der Waals surface area (Å²) in [4.78, 5) is 23.9. The van der Waals surface area contributed by atoms with E-state index in [0.29, 0.717) is 19.6 Å². The van der Waals surface area contributed by atoms with E-state index >= 15 is 0 Å². The van der Waals surface area contributed by atoms with Crippen LogP contribution in [0.15, 0.2) is 60.1 Å². The second kappa shape index (κ2) is 9.66. The second-order valence-corrected chi connectivity index (χ2v) is 7.15. The van der Waals surface area contributed by atoms with Gasteiger partial charge in [0.1, 0.15) is 5.69 Å². The lowest BCUT2D eigenvalue weighted by atomic mass is 10.2. The molecule has 0 aliphatic carbocycles. The first-order valence-corrected chi connectivity index (χ1v) is 9.85. The molecule has 0 unspecified atom stereocenters. The van der Waals surface area contributed by atoms with Crippen molar-refractivity contribution in [1.82, 2.24) is 20.4 Å². The first-order valence-electron chi connectivity index (χ1n) is 8.97. The fraction of sp³-hybridized carbons (Fsp3) is 0.190. The highest BCUT2D eigenvalue weighted by Crippen LogP contribution is 2.27. The minimum Gasteiger partial charge on any atom is -0.355 e. The van der Waals surface area contributed by atoms with Crippen LogP contribution in [0.1, 0.15) is 18.1 Å². The Labute approximate surface area is 167 Å². The molecule has 0 saturated heterocycles.